The van der Waals surface area contributed by atoms with Gasteiger partial charge in [0.2, 0.25) is 0 Å². The van der Waals surface area contributed by atoms with Gasteiger partial charge in [0.25, 0.3) is 5.91 Å². The second kappa shape index (κ2) is 8.30. The van der Waals surface area contributed by atoms with Crippen molar-refractivity contribution in [3.05, 3.63) is 59.5 Å². The topological polar surface area (TPSA) is 36.7 Å². The van der Waals surface area contributed by atoms with Crippen LogP contribution in [0.3, 0.4) is 0 Å². The van der Waals surface area contributed by atoms with Crippen LogP contribution in [0.2, 0.25) is 0 Å². The summed E-state index contributed by atoms with van der Waals surface area (Å²) < 4.78 is 5.39. The van der Waals surface area contributed by atoms with E-state index < -0.39 is 0 Å². The predicted molar refractivity (Wildman–Crippen MR) is 107 cm³/mol. The molecule has 3 heterocycles. The maximum absolute atomic E-state index is 12.6. The first-order chi connectivity index (χ1) is 13.2. The Hall–Kier alpha value is -2.07. The van der Waals surface area contributed by atoms with Crippen molar-refractivity contribution in [2.75, 3.05) is 32.7 Å². The highest BCUT2D eigenvalue weighted by Crippen LogP contribution is 2.32. The van der Waals surface area contributed by atoms with Crippen molar-refractivity contribution in [2.24, 2.45) is 11.8 Å². The first-order valence-corrected chi connectivity index (χ1v) is 10.3. The van der Waals surface area contributed by atoms with Crippen LogP contribution in [0.25, 0.3) is 0 Å². The Morgan fingerprint density at radius 3 is 2.48 bits per heavy atom. The Morgan fingerprint density at radius 1 is 1.04 bits per heavy atom. The largest absolute Gasteiger partial charge is 0.459 e. The quantitative estimate of drug-likeness (QED) is 0.802. The van der Waals surface area contributed by atoms with Gasteiger partial charge < -0.3 is 14.2 Å². The molecule has 2 aromatic rings. The minimum absolute atomic E-state index is 0.0619. The van der Waals surface area contributed by atoms with E-state index in [0.29, 0.717) is 5.76 Å². The number of amides is 1. The molecule has 2 fully saturated rings. The lowest BCUT2D eigenvalue weighted by molar-refractivity contribution is 0.0627. The summed E-state index contributed by atoms with van der Waals surface area (Å²) in [6, 6.07) is 12.6. The number of benzene rings is 1. The van der Waals surface area contributed by atoms with Gasteiger partial charge in [-0.05, 0) is 62.6 Å². The lowest BCUT2D eigenvalue weighted by Gasteiger charge is -2.34. The molecule has 144 valence electrons. The van der Waals surface area contributed by atoms with Crippen LogP contribution < -0.4 is 0 Å². The minimum atomic E-state index is 0.0619. The van der Waals surface area contributed by atoms with Crippen molar-refractivity contribution >= 4 is 5.91 Å². The normalized spacial score (nSPS) is 21.7. The van der Waals surface area contributed by atoms with E-state index in [1.807, 2.05) is 17.9 Å². The smallest absolute Gasteiger partial charge is 0.289 e. The van der Waals surface area contributed by atoms with Gasteiger partial charge in [0, 0.05) is 31.7 Å². The molecular weight excluding hydrogens is 336 g/mol. The third-order valence-corrected chi connectivity index (χ3v) is 6.42. The highest BCUT2D eigenvalue weighted by atomic mass is 16.3. The molecule has 2 aliphatic rings. The summed E-state index contributed by atoms with van der Waals surface area (Å²) in [5.74, 6) is 2.13. The average Bonchev–Trinajstić information content (AvgIpc) is 3.36. The van der Waals surface area contributed by atoms with Crippen LogP contribution >= 0.6 is 0 Å². The Labute approximate surface area is 162 Å². The molecule has 4 nitrogen and oxygen atoms in total. The molecular formula is C23H30N2O2. The zero-order valence-electron chi connectivity index (χ0n) is 16.3. The zero-order chi connectivity index (χ0) is 18.6. The van der Waals surface area contributed by atoms with E-state index in [-0.39, 0.29) is 5.91 Å². The van der Waals surface area contributed by atoms with Crippen molar-refractivity contribution in [1.82, 2.24) is 9.80 Å². The molecule has 0 aliphatic carbocycles. The molecule has 4 rings (SSSR count). The highest BCUT2D eigenvalue weighted by Gasteiger charge is 2.33. The molecule has 0 N–H and O–H groups in total. The standard InChI is InChI=1S/C23H30N2O2/c1-18-11-16-27-22(18)23(26)25-14-9-20(10-15-25)21-8-13-24(17-21)12-7-19-5-3-2-4-6-19/h2-6,11,16,20-21H,7-10,12-15,17H2,1H3/t21-/m1/s1. The summed E-state index contributed by atoms with van der Waals surface area (Å²) in [5.41, 5.74) is 2.37. The van der Waals surface area contributed by atoms with Gasteiger partial charge in [-0.25, -0.2) is 0 Å². The molecule has 0 unspecified atom stereocenters. The second-order valence-corrected chi connectivity index (χ2v) is 8.15. The van der Waals surface area contributed by atoms with Crippen LogP contribution in [0.1, 0.15) is 40.9 Å². The van der Waals surface area contributed by atoms with Crippen molar-refractivity contribution in [2.45, 2.75) is 32.6 Å². The first kappa shape index (κ1) is 18.3. The third-order valence-electron chi connectivity index (χ3n) is 6.42. The lowest BCUT2D eigenvalue weighted by Crippen LogP contribution is -2.40. The van der Waals surface area contributed by atoms with Crippen LogP contribution in [-0.4, -0.2) is 48.4 Å². The van der Waals surface area contributed by atoms with E-state index in [0.717, 1.165) is 56.3 Å². The number of carbonyl (C=O) groups excluding carboxylic acids is 1. The number of carbonyl (C=O) groups is 1. The van der Waals surface area contributed by atoms with Gasteiger partial charge in [0.1, 0.15) is 0 Å². The molecule has 4 heteroatoms. The monoisotopic (exact) mass is 366 g/mol. The Bertz CT molecular complexity index is 747. The molecule has 0 saturated carbocycles. The first-order valence-electron chi connectivity index (χ1n) is 10.3. The number of nitrogens with zero attached hydrogens (tertiary/aromatic N) is 2. The number of furan rings is 1. The van der Waals surface area contributed by atoms with Crippen LogP contribution in [0.5, 0.6) is 0 Å². The fourth-order valence-electron chi connectivity index (χ4n) is 4.69. The molecule has 1 atom stereocenters. The van der Waals surface area contributed by atoms with E-state index in [4.69, 9.17) is 4.42 Å². The van der Waals surface area contributed by atoms with E-state index in [9.17, 15) is 4.79 Å². The van der Waals surface area contributed by atoms with Crippen molar-refractivity contribution in [3.8, 4) is 0 Å². The SMILES string of the molecule is Cc1ccoc1C(=O)N1CCC([C@@H]2CCN(CCc3ccccc3)C2)CC1. The summed E-state index contributed by atoms with van der Waals surface area (Å²) in [6.45, 7) is 7.28. The Balaban J connectivity index is 1.23. The highest BCUT2D eigenvalue weighted by molar-refractivity contribution is 5.92. The van der Waals surface area contributed by atoms with Gasteiger partial charge in [-0.1, -0.05) is 30.3 Å². The van der Waals surface area contributed by atoms with Crippen LogP contribution in [0.15, 0.2) is 47.1 Å². The summed E-state index contributed by atoms with van der Waals surface area (Å²) in [4.78, 5) is 17.2. The second-order valence-electron chi connectivity index (χ2n) is 8.15. The van der Waals surface area contributed by atoms with Crippen molar-refractivity contribution < 1.29 is 9.21 Å². The lowest BCUT2D eigenvalue weighted by atomic mass is 9.83. The van der Waals surface area contributed by atoms with E-state index >= 15 is 0 Å². The molecule has 2 aliphatic heterocycles. The van der Waals surface area contributed by atoms with Gasteiger partial charge in [-0.3, -0.25) is 4.79 Å². The van der Waals surface area contributed by atoms with Gasteiger partial charge in [-0.2, -0.15) is 0 Å². The number of rotatable bonds is 5. The molecule has 1 amide bonds. The van der Waals surface area contributed by atoms with Gasteiger partial charge >= 0.3 is 0 Å². The fraction of sp³-hybridized carbons (Fsp3) is 0.522. The van der Waals surface area contributed by atoms with Gasteiger partial charge in [0.15, 0.2) is 5.76 Å². The number of hydrogen-bond acceptors (Lipinski definition) is 3. The average molecular weight is 367 g/mol. The van der Waals surface area contributed by atoms with E-state index in [2.05, 4.69) is 35.2 Å². The molecule has 1 aromatic carbocycles. The van der Waals surface area contributed by atoms with Gasteiger partial charge in [-0.15, -0.1) is 0 Å². The maximum atomic E-state index is 12.6. The van der Waals surface area contributed by atoms with Crippen LogP contribution in [-0.2, 0) is 6.42 Å². The number of piperidine rings is 1. The third kappa shape index (κ3) is 4.27. The molecule has 0 spiro atoms. The number of hydrogen-bond donors (Lipinski definition) is 0. The summed E-state index contributed by atoms with van der Waals surface area (Å²) in [6.07, 6.45) is 6.32. The molecule has 0 bridgehead atoms. The van der Waals surface area contributed by atoms with Crippen LogP contribution in [0, 0.1) is 18.8 Å². The minimum Gasteiger partial charge on any atom is -0.459 e. The Kier molecular flexibility index (Phi) is 5.63. The fourth-order valence-corrected chi connectivity index (χ4v) is 4.69. The summed E-state index contributed by atoms with van der Waals surface area (Å²) in [7, 11) is 0. The maximum Gasteiger partial charge on any atom is 0.289 e. The van der Waals surface area contributed by atoms with E-state index in [1.165, 1.54) is 25.1 Å². The molecule has 2 saturated heterocycles. The molecule has 0 radical (unpaired) electrons. The molecule has 27 heavy (non-hydrogen) atoms. The number of likely N-dealkylation sites (tertiary alicyclic amines) is 2. The number of aryl methyl sites for hydroxylation is 1. The van der Waals surface area contributed by atoms with Crippen molar-refractivity contribution in [3.63, 3.8) is 0 Å². The zero-order valence-corrected chi connectivity index (χ0v) is 16.3. The molecule has 1 aromatic heterocycles. The predicted octanol–water partition coefficient (Wildman–Crippen LogP) is 4.00. The van der Waals surface area contributed by atoms with Crippen LogP contribution in [0.4, 0.5) is 0 Å². The van der Waals surface area contributed by atoms with E-state index in [1.54, 1.807) is 6.26 Å². The summed E-state index contributed by atoms with van der Waals surface area (Å²) >= 11 is 0. The van der Waals surface area contributed by atoms with Gasteiger partial charge in [0.05, 0.1) is 6.26 Å². The summed E-state index contributed by atoms with van der Waals surface area (Å²) in [5, 5.41) is 0. The Morgan fingerprint density at radius 2 is 1.78 bits per heavy atom. The van der Waals surface area contributed by atoms with Crippen molar-refractivity contribution in [1.29, 1.82) is 0 Å².